The normalized spacial score (nSPS) is 20.2. The SMILES string of the molecule is CCc1cc2sc3c(c2cc1C1(C)CCCC1)N(c1ccc2c(c1)C(C)(C)CCC2(C)C)c1cc(C(C)(C)C)cc2c1B3c1cc3c(cc1N2c1cc(C(C)(C)C)cc(C(C)(C)C)c1)C(C)(C)CCC3(C)C. The van der Waals surface area contributed by atoms with Gasteiger partial charge in [-0.25, -0.2) is 0 Å². The Morgan fingerprint density at radius 1 is 0.486 bits per heavy atom. The van der Waals surface area contributed by atoms with Crippen molar-refractivity contribution in [2.45, 2.75) is 233 Å². The molecule has 1 fully saturated rings. The van der Waals surface area contributed by atoms with Crippen molar-refractivity contribution in [3.8, 4) is 0 Å². The molecule has 0 atom stereocenters. The molecular formula is C68H87BN2S. The number of aryl methyl sites for hydroxylation is 1. The molecular weight excluding hydrogens is 888 g/mol. The molecule has 5 aliphatic rings. The molecule has 1 saturated carbocycles. The summed E-state index contributed by atoms with van der Waals surface area (Å²) in [7, 11) is 0. The third-order valence-corrected chi connectivity index (χ3v) is 20.7. The van der Waals surface area contributed by atoms with E-state index in [1.54, 1.807) is 16.7 Å². The van der Waals surface area contributed by atoms with Gasteiger partial charge in [0.25, 0.3) is 6.71 Å². The Bertz CT molecular complexity index is 3180. The lowest BCUT2D eigenvalue weighted by Gasteiger charge is -2.48. The predicted octanol–water partition coefficient (Wildman–Crippen LogP) is 18.0. The smallest absolute Gasteiger partial charge is 0.264 e. The minimum absolute atomic E-state index is 0.0327. The minimum Gasteiger partial charge on any atom is -0.311 e. The minimum atomic E-state index is -0.108. The number of anilines is 6. The third-order valence-electron chi connectivity index (χ3n) is 19.5. The number of hydrogen-bond acceptors (Lipinski definition) is 3. The van der Waals surface area contributed by atoms with Gasteiger partial charge in [-0.15, -0.1) is 11.3 Å². The van der Waals surface area contributed by atoms with Gasteiger partial charge in [-0.1, -0.05) is 163 Å². The van der Waals surface area contributed by atoms with Gasteiger partial charge in [0.2, 0.25) is 0 Å². The van der Waals surface area contributed by atoms with Gasteiger partial charge in [0, 0.05) is 43.3 Å². The molecule has 378 valence electrons. The van der Waals surface area contributed by atoms with Crippen molar-refractivity contribution in [1.29, 1.82) is 0 Å². The van der Waals surface area contributed by atoms with Crippen molar-refractivity contribution in [1.82, 2.24) is 0 Å². The monoisotopic (exact) mass is 975 g/mol. The van der Waals surface area contributed by atoms with Crippen LogP contribution in [-0.4, -0.2) is 6.71 Å². The molecule has 0 unspecified atom stereocenters. The molecule has 0 bridgehead atoms. The molecule has 4 heteroatoms. The first-order valence-electron chi connectivity index (χ1n) is 28.2. The molecule has 0 saturated heterocycles. The van der Waals surface area contributed by atoms with Gasteiger partial charge < -0.3 is 9.80 Å². The van der Waals surface area contributed by atoms with Gasteiger partial charge in [-0.2, -0.15) is 0 Å². The summed E-state index contributed by atoms with van der Waals surface area (Å²) in [5, 5.41) is 1.44. The lowest BCUT2D eigenvalue weighted by molar-refractivity contribution is 0.332. The van der Waals surface area contributed by atoms with Crippen LogP contribution >= 0.6 is 11.3 Å². The zero-order valence-corrected chi connectivity index (χ0v) is 49.0. The summed E-state index contributed by atoms with van der Waals surface area (Å²) in [5.74, 6) is 0. The molecule has 0 radical (unpaired) electrons. The van der Waals surface area contributed by atoms with Crippen molar-refractivity contribution in [2.24, 2.45) is 0 Å². The standard InChI is InChI=1S/C68H87BN2S/c1-20-41-31-57-47(38-49(41)68(19)25-21-22-26-68)59-60(72-57)69-53-39-51-52(67(17,18)30-29-66(51,15)16)40-54(53)70(46-33-42(61(2,3)4)32-43(34-46)62(5,6)7)55-35-44(63(8,9)10)36-56(58(55)69)71(59)45-23-24-48-50(37-45)65(13,14)28-27-64(48,11)12/h23-24,31-40H,20-22,25-30H2,1-19H3. The van der Waals surface area contributed by atoms with Gasteiger partial charge in [-0.05, 0) is 204 Å². The highest BCUT2D eigenvalue weighted by molar-refractivity contribution is 7.33. The van der Waals surface area contributed by atoms with Crippen LogP contribution in [-0.2, 0) is 49.7 Å². The van der Waals surface area contributed by atoms with E-state index in [-0.39, 0.29) is 50.0 Å². The molecule has 0 amide bonds. The number of rotatable bonds is 4. The van der Waals surface area contributed by atoms with Gasteiger partial charge in [0.15, 0.2) is 0 Å². The molecule has 5 aromatic carbocycles. The summed E-state index contributed by atoms with van der Waals surface area (Å²) in [6.07, 6.45) is 11.0. The summed E-state index contributed by atoms with van der Waals surface area (Å²) >= 11 is 2.10. The first-order chi connectivity index (χ1) is 33.3. The highest BCUT2D eigenvalue weighted by Gasteiger charge is 2.49. The lowest BCUT2D eigenvalue weighted by atomic mass is 9.35. The summed E-state index contributed by atoms with van der Waals surface area (Å²) in [6, 6.07) is 31.4. The molecule has 0 N–H and O–H groups in total. The highest BCUT2D eigenvalue weighted by Crippen LogP contribution is 2.56. The Kier molecular flexibility index (Phi) is 11.0. The maximum atomic E-state index is 2.81. The maximum absolute atomic E-state index is 2.81. The number of benzene rings is 5. The molecule has 2 aliphatic heterocycles. The van der Waals surface area contributed by atoms with Crippen LogP contribution in [0.2, 0.25) is 0 Å². The van der Waals surface area contributed by atoms with E-state index in [4.69, 9.17) is 0 Å². The van der Waals surface area contributed by atoms with Crippen molar-refractivity contribution in [2.75, 3.05) is 9.80 Å². The Hall–Kier alpha value is -4.28. The summed E-state index contributed by atoms with van der Waals surface area (Å²) < 4.78 is 2.94. The fourth-order valence-electron chi connectivity index (χ4n) is 14.2. The Morgan fingerprint density at radius 3 is 1.53 bits per heavy atom. The number of fused-ring (bicyclic) bond motifs is 8. The number of hydrogen-bond donors (Lipinski definition) is 0. The summed E-state index contributed by atoms with van der Waals surface area (Å²) in [4.78, 5) is 5.58. The van der Waals surface area contributed by atoms with E-state index in [1.807, 2.05) is 0 Å². The Labute approximate surface area is 440 Å². The molecule has 2 nitrogen and oxygen atoms in total. The van der Waals surface area contributed by atoms with E-state index in [2.05, 4.69) is 225 Å². The molecule has 6 aromatic rings. The van der Waals surface area contributed by atoms with Crippen LogP contribution in [0.4, 0.5) is 34.1 Å². The number of thiophene rings is 1. The molecule has 72 heavy (non-hydrogen) atoms. The van der Waals surface area contributed by atoms with Crippen LogP contribution < -0.4 is 25.5 Å². The van der Waals surface area contributed by atoms with Crippen LogP contribution in [0, 0.1) is 0 Å². The van der Waals surface area contributed by atoms with Crippen molar-refractivity contribution < 1.29 is 0 Å². The molecule has 1 aromatic heterocycles. The highest BCUT2D eigenvalue weighted by atomic mass is 32.1. The van der Waals surface area contributed by atoms with E-state index in [0.717, 1.165) is 6.42 Å². The summed E-state index contributed by atoms with van der Waals surface area (Å²) in [6.45, 7) is 46.7. The fourth-order valence-corrected chi connectivity index (χ4v) is 15.6. The van der Waals surface area contributed by atoms with Crippen LogP contribution in [0.15, 0.2) is 72.8 Å². The Morgan fingerprint density at radius 2 is 0.986 bits per heavy atom. The van der Waals surface area contributed by atoms with E-state index in [0.29, 0.717) is 0 Å². The van der Waals surface area contributed by atoms with E-state index in [1.165, 1.54) is 145 Å². The van der Waals surface area contributed by atoms with Gasteiger partial charge >= 0.3 is 0 Å². The van der Waals surface area contributed by atoms with Gasteiger partial charge in [0.05, 0.1) is 5.69 Å². The van der Waals surface area contributed by atoms with Crippen molar-refractivity contribution >= 4 is 78.0 Å². The lowest BCUT2D eigenvalue weighted by Crippen LogP contribution is -2.61. The van der Waals surface area contributed by atoms with Crippen LogP contribution in [0.25, 0.3) is 10.1 Å². The molecule has 3 heterocycles. The zero-order chi connectivity index (χ0) is 51.8. The quantitative estimate of drug-likeness (QED) is 0.162. The first kappa shape index (κ1) is 49.9. The van der Waals surface area contributed by atoms with Crippen molar-refractivity contribution in [3.63, 3.8) is 0 Å². The third kappa shape index (κ3) is 7.65. The average molecular weight is 975 g/mol. The second kappa shape index (κ2) is 15.9. The second-order valence-corrected chi connectivity index (χ2v) is 30.8. The molecule has 3 aliphatic carbocycles. The second-order valence-electron chi connectivity index (χ2n) is 29.7. The predicted molar refractivity (Wildman–Crippen MR) is 318 cm³/mol. The van der Waals surface area contributed by atoms with Gasteiger partial charge in [0.1, 0.15) is 0 Å². The van der Waals surface area contributed by atoms with Crippen LogP contribution in [0.3, 0.4) is 0 Å². The largest absolute Gasteiger partial charge is 0.311 e. The number of nitrogens with zero attached hydrogens (tertiary/aromatic N) is 2. The molecule has 0 spiro atoms. The van der Waals surface area contributed by atoms with E-state index < -0.39 is 0 Å². The molecule has 11 rings (SSSR count). The van der Waals surface area contributed by atoms with E-state index >= 15 is 0 Å². The fraction of sp³-hybridized carbons (Fsp3) is 0.529. The Balaban J connectivity index is 1.32. The van der Waals surface area contributed by atoms with Crippen molar-refractivity contribution in [3.05, 3.63) is 123 Å². The zero-order valence-electron chi connectivity index (χ0n) is 48.2. The van der Waals surface area contributed by atoms with Gasteiger partial charge in [-0.3, -0.25) is 0 Å². The van der Waals surface area contributed by atoms with E-state index in [9.17, 15) is 0 Å². The topological polar surface area (TPSA) is 6.48 Å². The maximum Gasteiger partial charge on any atom is 0.264 e. The van der Waals surface area contributed by atoms with Crippen LogP contribution in [0.5, 0.6) is 0 Å². The van der Waals surface area contributed by atoms with Crippen LogP contribution in [0.1, 0.15) is 233 Å². The average Bonchev–Trinajstić information content (AvgIpc) is 3.91. The summed E-state index contributed by atoms with van der Waals surface area (Å²) in [5.41, 5.74) is 24.7. The first-order valence-corrected chi connectivity index (χ1v) is 29.0.